The summed E-state index contributed by atoms with van der Waals surface area (Å²) in [4.78, 5) is 22.8. The number of nitrogens with zero attached hydrogens (tertiary/aromatic N) is 4. The quantitative estimate of drug-likeness (QED) is 0.319. The predicted molar refractivity (Wildman–Crippen MR) is 132 cm³/mol. The molecule has 3 aromatic heterocycles. The van der Waals surface area contributed by atoms with Crippen LogP contribution < -0.4 is 15.0 Å². The van der Waals surface area contributed by atoms with Gasteiger partial charge in [-0.1, -0.05) is 30.3 Å². The highest BCUT2D eigenvalue weighted by atomic mass is 32.1. The van der Waals surface area contributed by atoms with E-state index in [1.807, 2.05) is 43.3 Å². The fourth-order valence-electron chi connectivity index (χ4n) is 3.57. The summed E-state index contributed by atoms with van der Waals surface area (Å²) in [6.45, 7) is 1.87. The summed E-state index contributed by atoms with van der Waals surface area (Å²) in [6, 6.07) is 20.6. The Kier molecular flexibility index (Phi) is 5.54. The first-order valence-corrected chi connectivity index (χ1v) is 11.2. The molecule has 7 nitrogen and oxygen atoms in total. The fourth-order valence-corrected chi connectivity index (χ4v) is 4.51. The highest BCUT2D eigenvalue weighted by molar-refractivity contribution is 7.19. The Morgan fingerprint density at radius 3 is 2.59 bits per heavy atom. The second-order valence-corrected chi connectivity index (χ2v) is 8.46. The number of fused-ring (bicyclic) bond motifs is 2. The van der Waals surface area contributed by atoms with E-state index >= 15 is 0 Å². The molecule has 3 heterocycles. The Bertz CT molecular complexity index is 1640. The Balaban J connectivity index is 1.74. The van der Waals surface area contributed by atoms with Crippen LogP contribution in [-0.4, -0.2) is 21.5 Å². The Morgan fingerprint density at radius 2 is 1.82 bits per heavy atom. The van der Waals surface area contributed by atoms with Crippen LogP contribution in [0.1, 0.15) is 16.1 Å². The van der Waals surface area contributed by atoms with Gasteiger partial charge in [-0.05, 0) is 48.9 Å². The number of pyridine rings is 1. The molecule has 5 aromatic rings. The van der Waals surface area contributed by atoms with Crippen molar-refractivity contribution >= 4 is 38.8 Å². The summed E-state index contributed by atoms with van der Waals surface area (Å²) in [5.74, 6) is 0.983. The molecule has 0 amide bonds. The third-order valence-corrected chi connectivity index (χ3v) is 6.33. The number of aryl methyl sites for hydroxylation is 1. The molecule has 5 rings (SSSR count). The van der Waals surface area contributed by atoms with E-state index in [1.54, 1.807) is 30.5 Å². The van der Waals surface area contributed by atoms with Crippen molar-refractivity contribution < 1.29 is 9.47 Å². The molecule has 0 spiro atoms. The van der Waals surface area contributed by atoms with Crippen LogP contribution in [0.2, 0.25) is 0 Å². The molecule has 0 bridgehead atoms. The lowest BCUT2D eigenvalue weighted by molar-refractivity contribution is 0.374. The summed E-state index contributed by atoms with van der Waals surface area (Å²) < 4.78 is 13.9. The van der Waals surface area contributed by atoms with Gasteiger partial charge in [-0.2, -0.15) is 10.2 Å². The van der Waals surface area contributed by atoms with E-state index < -0.39 is 0 Å². The van der Waals surface area contributed by atoms with Crippen LogP contribution in [0, 0.1) is 18.3 Å². The summed E-state index contributed by atoms with van der Waals surface area (Å²) in [5.41, 5.74) is 2.10. The SMILES string of the molecule is COc1ccccc1Oc1nc2c(C)cccn2c(=O)c1/C=C(\C#N)c1nc2ccccc2s1. The summed E-state index contributed by atoms with van der Waals surface area (Å²) in [7, 11) is 1.54. The van der Waals surface area contributed by atoms with Crippen molar-refractivity contribution in [2.75, 3.05) is 7.11 Å². The number of thiazole rings is 1. The largest absolute Gasteiger partial charge is 0.493 e. The minimum atomic E-state index is -0.354. The van der Waals surface area contributed by atoms with E-state index in [-0.39, 0.29) is 22.6 Å². The fraction of sp³-hybridized carbons (Fsp3) is 0.0769. The monoisotopic (exact) mass is 466 g/mol. The number of ether oxygens (including phenoxy) is 2. The van der Waals surface area contributed by atoms with Crippen LogP contribution >= 0.6 is 11.3 Å². The van der Waals surface area contributed by atoms with E-state index in [0.29, 0.717) is 22.2 Å². The zero-order valence-electron chi connectivity index (χ0n) is 18.4. The summed E-state index contributed by atoms with van der Waals surface area (Å²) in [5, 5.41) is 10.4. The molecule has 0 saturated heterocycles. The average Bonchev–Trinajstić information content (AvgIpc) is 3.29. The molecule has 0 saturated carbocycles. The van der Waals surface area contributed by atoms with Crippen molar-refractivity contribution in [3.05, 3.63) is 93.3 Å². The van der Waals surface area contributed by atoms with Crippen LogP contribution in [0.4, 0.5) is 0 Å². The molecule has 0 unspecified atom stereocenters. The van der Waals surface area contributed by atoms with E-state index in [4.69, 9.17) is 9.47 Å². The van der Waals surface area contributed by atoms with Gasteiger partial charge in [-0.25, -0.2) is 4.98 Å². The number of methoxy groups -OCH3 is 1. The lowest BCUT2D eigenvalue weighted by atomic mass is 10.2. The van der Waals surface area contributed by atoms with Gasteiger partial charge in [-0.3, -0.25) is 9.20 Å². The molecular weight excluding hydrogens is 448 g/mol. The molecular formula is C26H18N4O3S. The Hall–Kier alpha value is -4.48. The van der Waals surface area contributed by atoms with Gasteiger partial charge < -0.3 is 9.47 Å². The zero-order valence-corrected chi connectivity index (χ0v) is 19.2. The molecule has 2 aromatic carbocycles. The molecule has 0 aliphatic carbocycles. The second-order valence-electron chi connectivity index (χ2n) is 7.43. The van der Waals surface area contributed by atoms with Crippen molar-refractivity contribution in [3.8, 4) is 23.4 Å². The minimum absolute atomic E-state index is 0.0812. The standard InChI is InChI=1S/C26H18N4O3S/c1-16-8-7-13-30-23(16)29-24(33-21-11-5-4-10-20(21)32-2)18(26(30)31)14-17(15-27)25-28-19-9-3-6-12-22(19)34-25/h3-14H,1-2H3/b17-14+. The van der Waals surface area contributed by atoms with Crippen LogP contribution in [0.25, 0.3) is 27.5 Å². The third-order valence-electron chi connectivity index (χ3n) is 5.26. The van der Waals surface area contributed by atoms with Crippen molar-refractivity contribution in [1.82, 2.24) is 14.4 Å². The van der Waals surface area contributed by atoms with E-state index in [2.05, 4.69) is 16.0 Å². The number of allylic oxidation sites excluding steroid dienone is 1. The molecule has 8 heteroatoms. The van der Waals surface area contributed by atoms with Gasteiger partial charge in [0, 0.05) is 6.20 Å². The van der Waals surface area contributed by atoms with Crippen LogP contribution in [0.5, 0.6) is 17.4 Å². The summed E-state index contributed by atoms with van der Waals surface area (Å²) >= 11 is 1.39. The van der Waals surface area contributed by atoms with Crippen LogP contribution in [0.15, 0.2) is 71.7 Å². The first-order chi connectivity index (χ1) is 16.6. The molecule has 0 N–H and O–H groups in total. The zero-order chi connectivity index (χ0) is 23.7. The van der Waals surface area contributed by atoms with Crippen LogP contribution in [0.3, 0.4) is 0 Å². The number of nitriles is 1. The van der Waals surface area contributed by atoms with E-state index in [1.165, 1.54) is 28.9 Å². The Morgan fingerprint density at radius 1 is 1.06 bits per heavy atom. The van der Waals surface area contributed by atoms with Gasteiger partial charge in [0.15, 0.2) is 11.5 Å². The maximum absolute atomic E-state index is 13.5. The number of hydrogen-bond acceptors (Lipinski definition) is 7. The topological polar surface area (TPSA) is 89.5 Å². The van der Waals surface area contributed by atoms with Crippen molar-refractivity contribution in [2.24, 2.45) is 0 Å². The highest BCUT2D eigenvalue weighted by Gasteiger charge is 2.18. The van der Waals surface area contributed by atoms with Crippen molar-refractivity contribution in [3.63, 3.8) is 0 Å². The average molecular weight is 467 g/mol. The molecule has 0 aliphatic heterocycles. The second kappa shape index (κ2) is 8.81. The van der Waals surface area contributed by atoms with Crippen LogP contribution in [-0.2, 0) is 0 Å². The number of rotatable bonds is 5. The third kappa shape index (κ3) is 3.78. The van der Waals surface area contributed by atoms with Gasteiger partial charge in [0.25, 0.3) is 5.56 Å². The van der Waals surface area contributed by atoms with Gasteiger partial charge in [0.2, 0.25) is 5.88 Å². The summed E-state index contributed by atoms with van der Waals surface area (Å²) in [6.07, 6.45) is 3.14. The normalized spacial score (nSPS) is 11.5. The van der Waals surface area contributed by atoms with Crippen molar-refractivity contribution in [2.45, 2.75) is 6.92 Å². The van der Waals surface area contributed by atoms with Gasteiger partial charge >= 0.3 is 0 Å². The number of aromatic nitrogens is 3. The number of hydrogen-bond donors (Lipinski definition) is 0. The molecule has 0 aliphatic rings. The van der Waals surface area contributed by atoms with Gasteiger partial charge in [0.05, 0.1) is 22.9 Å². The number of benzene rings is 2. The first kappa shape index (κ1) is 21.4. The predicted octanol–water partition coefficient (Wildman–Crippen LogP) is 5.48. The maximum atomic E-state index is 13.5. The first-order valence-electron chi connectivity index (χ1n) is 10.4. The smallest absolute Gasteiger partial charge is 0.269 e. The maximum Gasteiger partial charge on any atom is 0.269 e. The van der Waals surface area contributed by atoms with Gasteiger partial charge in [0.1, 0.15) is 22.3 Å². The molecule has 0 fully saturated rings. The lowest BCUT2D eigenvalue weighted by Gasteiger charge is -2.13. The lowest BCUT2D eigenvalue weighted by Crippen LogP contribution is -2.19. The van der Waals surface area contributed by atoms with E-state index in [0.717, 1.165) is 15.8 Å². The highest BCUT2D eigenvalue weighted by Crippen LogP contribution is 2.33. The minimum Gasteiger partial charge on any atom is -0.493 e. The Labute approximate surface area is 198 Å². The molecule has 0 radical (unpaired) electrons. The van der Waals surface area contributed by atoms with E-state index in [9.17, 15) is 10.1 Å². The van der Waals surface area contributed by atoms with Gasteiger partial charge in [-0.15, -0.1) is 11.3 Å². The molecule has 0 atom stereocenters. The number of para-hydroxylation sites is 3. The molecule has 34 heavy (non-hydrogen) atoms. The van der Waals surface area contributed by atoms with Crippen molar-refractivity contribution in [1.29, 1.82) is 5.26 Å². The molecule has 166 valence electrons.